The second kappa shape index (κ2) is 9.34. The highest BCUT2D eigenvalue weighted by atomic mass is 32.2. The lowest BCUT2D eigenvalue weighted by atomic mass is 10.2. The number of rotatable bonds is 7. The molecule has 0 fully saturated rings. The normalized spacial score (nSPS) is 11.5. The van der Waals surface area contributed by atoms with Gasteiger partial charge in [0.2, 0.25) is 0 Å². The van der Waals surface area contributed by atoms with Crippen molar-refractivity contribution in [3.63, 3.8) is 0 Å². The molecule has 3 aromatic carbocycles. The van der Waals surface area contributed by atoms with Crippen molar-refractivity contribution in [3.8, 4) is 34.5 Å². The van der Waals surface area contributed by atoms with Gasteiger partial charge in [0.25, 0.3) is 0 Å². The molecule has 5 aromatic rings. The number of fused-ring (bicyclic) bond motifs is 1. The van der Waals surface area contributed by atoms with Gasteiger partial charge < -0.3 is 14.5 Å². The fourth-order valence-corrected chi connectivity index (χ4v) is 4.29. The van der Waals surface area contributed by atoms with E-state index < -0.39 is 21.5 Å². The molecule has 0 saturated heterocycles. The third-order valence-corrected chi connectivity index (χ3v) is 7.01. The number of nitrogens with one attached hydrogen (secondary N) is 1. The maximum absolute atomic E-state index is 14.3. The summed E-state index contributed by atoms with van der Waals surface area (Å²) in [4.78, 5) is 16.1. The number of H-pyrrole nitrogens is 1. The Balaban J connectivity index is 1.56. The summed E-state index contributed by atoms with van der Waals surface area (Å²) in [5, 5.41) is 0. The van der Waals surface area contributed by atoms with E-state index in [0.717, 1.165) is 6.07 Å². The molecule has 8 nitrogen and oxygen atoms in total. The quantitative estimate of drug-likeness (QED) is 0.302. The van der Waals surface area contributed by atoms with Crippen LogP contribution in [0.2, 0.25) is 0 Å². The van der Waals surface area contributed by atoms with Gasteiger partial charge in [-0.25, -0.2) is 27.2 Å². The zero-order valence-corrected chi connectivity index (χ0v) is 19.6. The third-order valence-electron chi connectivity index (χ3n) is 5.26. The number of aromatic amines is 1. The number of hydrogen-bond acceptors (Lipinski definition) is 7. The molecule has 2 heterocycles. The molecule has 5 rings (SSSR count). The molecule has 0 aliphatic carbocycles. The molecule has 0 atom stereocenters. The van der Waals surface area contributed by atoms with Crippen molar-refractivity contribution in [1.82, 2.24) is 19.9 Å². The third kappa shape index (κ3) is 4.73. The summed E-state index contributed by atoms with van der Waals surface area (Å²) in [6, 6.07) is 12.0. The van der Waals surface area contributed by atoms with Gasteiger partial charge in [0.15, 0.2) is 38.7 Å². The van der Waals surface area contributed by atoms with Gasteiger partial charge in [-0.3, -0.25) is 4.98 Å². The molecular formula is C25H18F2N4O4S. The molecule has 0 saturated carbocycles. The molecule has 0 spiro atoms. The Morgan fingerprint density at radius 1 is 0.917 bits per heavy atom. The number of nitrogens with zero attached hydrogens (tertiary/aromatic N) is 3. The first-order valence-corrected chi connectivity index (χ1v) is 12.4. The van der Waals surface area contributed by atoms with Gasteiger partial charge in [-0.15, -0.1) is 0 Å². The second-order valence-corrected chi connectivity index (χ2v) is 9.92. The van der Waals surface area contributed by atoms with Gasteiger partial charge in [-0.1, -0.05) is 6.92 Å². The number of ether oxygens (including phenoxy) is 2. The van der Waals surface area contributed by atoms with Crippen LogP contribution in [-0.2, 0) is 9.84 Å². The SMILES string of the molecule is CCS(=O)(=O)c1ccc(Oc2cc3[nH]c(-c4cnccn4)nc3cc2Oc2ccc(F)cc2F)cc1. The summed E-state index contributed by atoms with van der Waals surface area (Å²) < 4.78 is 63.6. The number of sulfone groups is 1. The summed E-state index contributed by atoms with van der Waals surface area (Å²) >= 11 is 0. The molecular weight excluding hydrogens is 490 g/mol. The predicted molar refractivity (Wildman–Crippen MR) is 128 cm³/mol. The van der Waals surface area contributed by atoms with Crippen molar-refractivity contribution < 1.29 is 26.7 Å². The molecule has 0 aliphatic heterocycles. The van der Waals surface area contributed by atoms with Gasteiger partial charge in [-0.2, -0.15) is 0 Å². The summed E-state index contributed by atoms with van der Waals surface area (Å²) in [7, 11) is -3.37. The molecule has 1 N–H and O–H groups in total. The number of halogens is 2. The fourth-order valence-electron chi connectivity index (χ4n) is 3.41. The molecule has 0 radical (unpaired) electrons. The number of imidazole rings is 1. The van der Waals surface area contributed by atoms with Crippen LogP contribution in [0.4, 0.5) is 8.78 Å². The fraction of sp³-hybridized carbons (Fsp3) is 0.0800. The van der Waals surface area contributed by atoms with Crippen molar-refractivity contribution in [3.05, 3.63) is 84.8 Å². The first-order chi connectivity index (χ1) is 17.3. The Kier molecular flexibility index (Phi) is 6.06. The van der Waals surface area contributed by atoms with E-state index in [0.29, 0.717) is 34.4 Å². The summed E-state index contributed by atoms with van der Waals surface area (Å²) in [6.45, 7) is 1.56. The number of aromatic nitrogens is 4. The minimum Gasteiger partial charge on any atom is -0.453 e. The second-order valence-electron chi connectivity index (χ2n) is 7.65. The van der Waals surface area contributed by atoms with Crippen molar-refractivity contribution in [2.75, 3.05) is 5.75 Å². The van der Waals surface area contributed by atoms with Gasteiger partial charge in [0, 0.05) is 30.6 Å². The van der Waals surface area contributed by atoms with Crippen molar-refractivity contribution in [1.29, 1.82) is 0 Å². The number of benzene rings is 3. The molecule has 182 valence electrons. The monoisotopic (exact) mass is 508 g/mol. The first kappa shape index (κ1) is 23.4. The summed E-state index contributed by atoms with van der Waals surface area (Å²) in [6.07, 6.45) is 4.62. The van der Waals surface area contributed by atoms with E-state index in [1.165, 1.54) is 42.7 Å². The standard InChI is InChI=1S/C25H18F2N4O4S/c1-2-36(32,33)17-6-4-16(5-7-17)34-23-12-19-20(31-25(30-19)21-14-28-9-10-29-21)13-24(23)35-22-8-3-15(26)11-18(22)27/h3-14H,2H2,1H3,(H,30,31). The minimum absolute atomic E-state index is 0.0287. The smallest absolute Gasteiger partial charge is 0.178 e. The van der Waals surface area contributed by atoms with Crippen LogP contribution in [0.25, 0.3) is 22.6 Å². The van der Waals surface area contributed by atoms with Crippen LogP contribution >= 0.6 is 0 Å². The Hall–Kier alpha value is -4.38. The Morgan fingerprint density at radius 2 is 1.69 bits per heavy atom. The highest BCUT2D eigenvalue weighted by molar-refractivity contribution is 7.91. The van der Waals surface area contributed by atoms with Crippen LogP contribution in [0.5, 0.6) is 23.0 Å². The van der Waals surface area contributed by atoms with Crippen LogP contribution in [0.3, 0.4) is 0 Å². The Labute approximate surface area is 204 Å². The van der Waals surface area contributed by atoms with E-state index in [9.17, 15) is 17.2 Å². The topological polar surface area (TPSA) is 107 Å². The van der Waals surface area contributed by atoms with E-state index in [1.54, 1.807) is 25.3 Å². The van der Waals surface area contributed by atoms with E-state index in [4.69, 9.17) is 9.47 Å². The lowest BCUT2D eigenvalue weighted by Gasteiger charge is -2.13. The average Bonchev–Trinajstić information content (AvgIpc) is 3.29. The van der Waals surface area contributed by atoms with Crippen LogP contribution in [0, 0.1) is 11.6 Å². The zero-order valence-electron chi connectivity index (χ0n) is 18.8. The average molecular weight is 509 g/mol. The van der Waals surface area contributed by atoms with Gasteiger partial charge in [0.1, 0.15) is 17.3 Å². The van der Waals surface area contributed by atoms with Crippen LogP contribution in [0.15, 0.2) is 78.1 Å². The highest BCUT2D eigenvalue weighted by Crippen LogP contribution is 2.39. The molecule has 0 amide bonds. The predicted octanol–water partition coefficient (Wildman–Crippen LogP) is 5.68. The lowest BCUT2D eigenvalue weighted by Crippen LogP contribution is -2.03. The van der Waals surface area contributed by atoms with E-state index in [1.807, 2.05) is 0 Å². The van der Waals surface area contributed by atoms with E-state index >= 15 is 0 Å². The first-order valence-electron chi connectivity index (χ1n) is 10.8. The number of hydrogen-bond donors (Lipinski definition) is 1. The van der Waals surface area contributed by atoms with Crippen molar-refractivity contribution in [2.24, 2.45) is 0 Å². The maximum atomic E-state index is 14.3. The van der Waals surface area contributed by atoms with E-state index in [2.05, 4.69) is 19.9 Å². The Bertz CT molecular complexity index is 1660. The van der Waals surface area contributed by atoms with Crippen molar-refractivity contribution in [2.45, 2.75) is 11.8 Å². The molecule has 0 bridgehead atoms. The van der Waals surface area contributed by atoms with E-state index in [-0.39, 0.29) is 27.9 Å². The zero-order chi connectivity index (χ0) is 25.3. The molecule has 0 aliphatic rings. The largest absolute Gasteiger partial charge is 0.453 e. The minimum atomic E-state index is -3.37. The molecule has 11 heteroatoms. The van der Waals surface area contributed by atoms with Gasteiger partial charge in [0.05, 0.1) is 27.9 Å². The summed E-state index contributed by atoms with van der Waals surface area (Å²) in [5.41, 5.74) is 1.56. The van der Waals surface area contributed by atoms with Crippen LogP contribution < -0.4 is 9.47 Å². The lowest BCUT2D eigenvalue weighted by molar-refractivity contribution is 0.400. The van der Waals surface area contributed by atoms with Crippen LogP contribution in [-0.4, -0.2) is 34.1 Å². The molecule has 36 heavy (non-hydrogen) atoms. The summed E-state index contributed by atoms with van der Waals surface area (Å²) in [5.74, 6) is -0.811. The van der Waals surface area contributed by atoms with Gasteiger partial charge in [-0.05, 0) is 36.4 Å². The molecule has 2 aromatic heterocycles. The van der Waals surface area contributed by atoms with Crippen LogP contribution in [0.1, 0.15) is 6.92 Å². The van der Waals surface area contributed by atoms with Crippen molar-refractivity contribution >= 4 is 20.9 Å². The Morgan fingerprint density at radius 3 is 2.39 bits per heavy atom. The molecule has 0 unspecified atom stereocenters. The highest BCUT2D eigenvalue weighted by Gasteiger charge is 2.17. The maximum Gasteiger partial charge on any atom is 0.178 e. The van der Waals surface area contributed by atoms with Gasteiger partial charge >= 0.3 is 0 Å².